The number of non-ortho nitro benzene ring substituents is 1. The van der Waals surface area contributed by atoms with E-state index >= 15 is 0 Å². The number of nitrogens with one attached hydrogen (secondary N) is 1. The minimum Gasteiger partial charge on any atom is -0.367 e. The molecule has 1 heterocycles. The highest BCUT2D eigenvalue weighted by Gasteiger charge is 2.20. The molecular weight excluding hydrogens is 401 g/mol. The minimum absolute atomic E-state index is 0. The summed E-state index contributed by atoms with van der Waals surface area (Å²) in [6.07, 6.45) is 2.80. The van der Waals surface area contributed by atoms with Crippen molar-refractivity contribution in [1.29, 1.82) is 0 Å². The van der Waals surface area contributed by atoms with Gasteiger partial charge in [0.1, 0.15) is 5.82 Å². The Labute approximate surface area is 177 Å². The highest BCUT2D eigenvalue weighted by molar-refractivity contribution is 5.85. The minimum atomic E-state index is -0.360. The van der Waals surface area contributed by atoms with Gasteiger partial charge in [-0.25, -0.2) is 0 Å². The van der Waals surface area contributed by atoms with Gasteiger partial charge in [0.2, 0.25) is 0 Å². The Hall–Kier alpha value is -1.96. The van der Waals surface area contributed by atoms with Gasteiger partial charge in [0.05, 0.1) is 10.6 Å². The van der Waals surface area contributed by atoms with Crippen molar-refractivity contribution < 1.29 is 4.92 Å². The molecule has 0 unspecified atom stereocenters. The van der Waals surface area contributed by atoms with Crippen molar-refractivity contribution in [3.05, 3.63) is 45.5 Å². The molecule has 1 aromatic heterocycles. The van der Waals surface area contributed by atoms with E-state index in [0.717, 1.165) is 73.6 Å². The lowest BCUT2D eigenvalue weighted by Gasteiger charge is -2.18. The lowest BCUT2D eigenvalue weighted by atomic mass is 10.0. The van der Waals surface area contributed by atoms with Gasteiger partial charge in [0, 0.05) is 30.8 Å². The standard InChI is InChI=1S/C19H25N5O2.2ClH/c1-3-23(4-2)11-10-20-18-12-15-7-5-6-14-8-9-16(24(25)26)13-17(14)19(15)22-21-18;;/h8-9,12-13H,3-7,10-11H2,1-2H3,(H,20,21);2*1H. The van der Waals surface area contributed by atoms with Crippen LogP contribution in [0.2, 0.25) is 0 Å². The molecule has 0 atom stereocenters. The number of hydrogen-bond donors (Lipinski definition) is 1. The van der Waals surface area contributed by atoms with Crippen molar-refractivity contribution in [2.75, 3.05) is 31.5 Å². The van der Waals surface area contributed by atoms with Crippen molar-refractivity contribution in [3.8, 4) is 11.3 Å². The number of rotatable bonds is 7. The molecule has 3 rings (SSSR count). The topological polar surface area (TPSA) is 84.2 Å². The summed E-state index contributed by atoms with van der Waals surface area (Å²) in [6.45, 7) is 8.15. The van der Waals surface area contributed by atoms with Crippen LogP contribution in [0.4, 0.5) is 11.5 Å². The van der Waals surface area contributed by atoms with E-state index in [4.69, 9.17) is 0 Å². The maximum Gasteiger partial charge on any atom is 0.270 e. The summed E-state index contributed by atoms with van der Waals surface area (Å²) in [6, 6.07) is 7.08. The van der Waals surface area contributed by atoms with Crippen LogP contribution in [0, 0.1) is 10.1 Å². The predicted octanol–water partition coefficient (Wildman–Crippen LogP) is 4.14. The molecule has 7 nitrogen and oxygen atoms in total. The smallest absolute Gasteiger partial charge is 0.270 e. The van der Waals surface area contributed by atoms with Gasteiger partial charge in [-0.05, 0) is 49.5 Å². The first-order valence-electron chi connectivity index (χ1n) is 9.22. The van der Waals surface area contributed by atoms with E-state index in [1.54, 1.807) is 12.1 Å². The molecule has 0 spiro atoms. The van der Waals surface area contributed by atoms with E-state index in [9.17, 15) is 10.1 Å². The van der Waals surface area contributed by atoms with Crippen molar-refractivity contribution in [2.45, 2.75) is 33.1 Å². The molecule has 0 radical (unpaired) electrons. The summed E-state index contributed by atoms with van der Waals surface area (Å²) >= 11 is 0. The van der Waals surface area contributed by atoms with Crippen molar-refractivity contribution in [1.82, 2.24) is 15.1 Å². The van der Waals surface area contributed by atoms with E-state index in [0.29, 0.717) is 0 Å². The van der Waals surface area contributed by atoms with Crippen LogP contribution in [-0.4, -0.2) is 46.2 Å². The lowest BCUT2D eigenvalue weighted by Crippen LogP contribution is -2.28. The third-order valence-corrected chi connectivity index (χ3v) is 4.95. The fraction of sp³-hybridized carbons (Fsp3) is 0.474. The van der Waals surface area contributed by atoms with Crippen LogP contribution in [0.1, 0.15) is 31.4 Å². The number of nitrogens with zero attached hydrogens (tertiary/aromatic N) is 4. The van der Waals surface area contributed by atoms with Crippen LogP contribution in [-0.2, 0) is 12.8 Å². The van der Waals surface area contributed by atoms with Gasteiger partial charge in [-0.1, -0.05) is 19.9 Å². The molecule has 0 fully saturated rings. The average Bonchev–Trinajstić information content (AvgIpc) is 2.83. The predicted molar refractivity (Wildman–Crippen MR) is 117 cm³/mol. The molecule has 0 amide bonds. The molecule has 2 aromatic rings. The zero-order chi connectivity index (χ0) is 18.5. The van der Waals surface area contributed by atoms with Crippen LogP contribution >= 0.6 is 24.8 Å². The normalized spacial score (nSPS) is 12.1. The van der Waals surface area contributed by atoms with Crippen LogP contribution in [0.15, 0.2) is 24.3 Å². The third kappa shape index (κ3) is 5.53. The van der Waals surface area contributed by atoms with E-state index < -0.39 is 0 Å². The summed E-state index contributed by atoms with van der Waals surface area (Å²) in [5, 5.41) is 23.2. The Morgan fingerprint density at radius 3 is 2.50 bits per heavy atom. The number of aryl methyl sites for hydroxylation is 2. The molecule has 0 saturated heterocycles. The number of nitro groups is 1. The summed E-state index contributed by atoms with van der Waals surface area (Å²) in [5.41, 5.74) is 3.92. The number of fused-ring (bicyclic) bond motifs is 3. The fourth-order valence-electron chi connectivity index (χ4n) is 3.40. The molecule has 154 valence electrons. The van der Waals surface area contributed by atoms with Gasteiger partial charge in [0.15, 0.2) is 0 Å². The van der Waals surface area contributed by atoms with Crippen LogP contribution in [0.3, 0.4) is 0 Å². The molecular formula is C19H27Cl2N5O2. The van der Waals surface area contributed by atoms with Crippen molar-refractivity contribution in [2.24, 2.45) is 0 Å². The number of hydrogen-bond acceptors (Lipinski definition) is 6. The third-order valence-electron chi connectivity index (χ3n) is 4.95. The van der Waals surface area contributed by atoms with Gasteiger partial charge >= 0.3 is 0 Å². The van der Waals surface area contributed by atoms with E-state index in [1.165, 1.54) is 0 Å². The second-order valence-corrected chi connectivity index (χ2v) is 6.51. The molecule has 1 aromatic carbocycles. The Morgan fingerprint density at radius 1 is 1.11 bits per heavy atom. The van der Waals surface area contributed by atoms with E-state index in [2.05, 4.69) is 34.3 Å². The second kappa shape index (κ2) is 11.1. The SMILES string of the molecule is CCN(CC)CCNc1cc2c(nn1)-c1cc([N+](=O)[O-])ccc1CCC2.Cl.Cl. The number of benzene rings is 1. The molecule has 9 heteroatoms. The number of nitro benzene ring substituents is 1. The van der Waals surface area contributed by atoms with E-state index in [-0.39, 0.29) is 35.4 Å². The molecule has 1 N–H and O–H groups in total. The summed E-state index contributed by atoms with van der Waals surface area (Å²) in [7, 11) is 0. The molecule has 28 heavy (non-hydrogen) atoms. The Bertz CT molecular complexity index is 800. The largest absolute Gasteiger partial charge is 0.367 e. The van der Waals surface area contributed by atoms with Gasteiger partial charge < -0.3 is 10.2 Å². The van der Waals surface area contributed by atoms with Crippen LogP contribution < -0.4 is 5.32 Å². The number of aromatic nitrogens is 2. The highest BCUT2D eigenvalue weighted by atomic mass is 35.5. The molecule has 1 aliphatic rings. The number of likely N-dealkylation sites (N-methyl/N-ethyl adjacent to an activating group) is 1. The molecule has 0 saturated carbocycles. The van der Waals surface area contributed by atoms with Crippen molar-refractivity contribution in [3.63, 3.8) is 0 Å². The Kier molecular flexibility index (Phi) is 9.58. The summed E-state index contributed by atoms with van der Waals surface area (Å²) < 4.78 is 0. The summed E-state index contributed by atoms with van der Waals surface area (Å²) in [5.74, 6) is 0.768. The Balaban J connectivity index is 0.00000196. The highest BCUT2D eigenvalue weighted by Crippen LogP contribution is 2.33. The van der Waals surface area contributed by atoms with Crippen LogP contribution in [0.25, 0.3) is 11.3 Å². The lowest BCUT2D eigenvalue weighted by molar-refractivity contribution is -0.384. The number of halogens is 2. The Morgan fingerprint density at radius 2 is 1.82 bits per heavy atom. The molecule has 0 aliphatic heterocycles. The van der Waals surface area contributed by atoms with Gasteiger partial charge in [0.25, 0.3) is 5.69 Å². The maximum absolute atomic E-state index is 11.1. The maximum atomic E-state index is 11.1. The van der Waals surface area contributed by atoms with Gasteiger partial charge in [-0.3, -0.25) is 10.1 Å². The quantitative estimate of drug-likeness (QED) is 0.527. The zero-order valence-electron chi connectivity index (χ0n) is 16.2. The van der Waals surface area contributed by atoms with E-state index in [1.807, 2.05) is 12.1 Å². The van der Waals surface area contributed by atoms with Gasteiger partial charge in [-0.15, -0.1) is 35.0 Å². The number of anilines is 1. The first-order valence-corrected chi connectivity index (χ1v) is 9.22. The first kappa shape index (κ1) is 24.1. The second-order valence-electron chi connectivity index (χ2n) is 6.51. The summed E-state index contributed by atoms with van der Waals surface area (Å²) in [4.78, 5) is 13.1. The molecule has 0 bridgehead atoms. The zero-order valence-corrected chi connectivity index (χ0v) is 17.8. The fourth-order valence-corrected chi connectivity index (χ4v) is 3.40. The average molecular weight is 428 g/mol. The van der Waals surface area contributed by atoms with Gasteiger partial charge in [-0.2, -0.15) is 0 Å². The first-order chi connectivity index (χ1) is 12.6. The van der Waals surface area contributed by atoms with Crippen LogP contribution in [0.5, 0.6) is 0 Å². The van der Waals surface area contributed by atoms with Crippen molar-refractivity contribution >= 4 is 36.3 Å². The molecule has 1 aliphatic carbocycles. The monoisotopic (exact) mass is 427 g/mol.